The number of carbonyl (C=O) groups excluding carboxylic acids is 3. The summed E-state index contributed by atoms with van der Waals surface area (Å²) in [6.07, 6.45) is 6.19. The number of nitrogens with zero attached hydrogens (tertiary/aromatic N) is 3. The predicted octanol–water partition coefficient (Wildman–Crippen LogP) is 3.23. The molecular formula is C27H32FN5O5. The first-order valence-electron chi connectivity index (χ1n) is 12.9. The first kappa shape index (κ1) is 25.9. The van der Waals surface area contributed by atoms with Gasteiger partial charge < -0.3 is 25.4 Å². The van der Waals surface area contributed by atoms with Gasteiger partial charge in [0.15, 0.2) is 0 Å². The number of amides is 2. The van der Waals surface area contributed by atoms with E-state index in [9.17, 15) is 23.9 Å². The summed E-state index contributed by atoms with van der Waals surface area (Å²) in [7, 11) is 0. The van der Waals surface area contributed by atoms with Gasteiger partial charge in [0.05, 0.1) is 30.6 Å². The van der Waals surface area contributed by atoms with Crippen LogP contribution in [-0.2, 0) is 11.3 Å². The lowest BCUT2D eigenvalue weighted by Gasteiger charge is -2.26. The molecule has 2 aliphatic heterocycles. The van der Waals surface area contributed by atoms with Crippen LogP contribution in [0.25, 0.3) is 6.20 Å². The van der Waals surface area contributed by atoms with E-state index in [1.54, 1.807) is 23.0 Å². The van der Waals surface area contributed by atoms with Crippen LogP contribution in [0.1, 0.15) is 65.8 Å². The smallest absolute Gasteiger partial charge is 0.261 e. The lowest BCUT2D eigenvalue weighted by molar-refractivity contribution is -0.121. The molecule has 1 saturated carbocycles. The molecule has 1 aromatic carbocycles. The second-order valence-electron chi connectivity index (χ2n) is 10.7. The molecule has 11 heteroatoms. The number of Topliss-reactive ketones (excluding diaryl/α,β-unsaturated/α-hetero) is 1. The van der Waals surface area contributed by atoms with Gasteiger partial charge in [0.2, 0.25) is 0 Å². The largest absolute Gasteiger partial charge is 0.491 e. The molecule has 2 aromatic rings. The van der Waals surface area contributed by atoms with E-state index >= 15 is 0 Å². The van der Waals surface area contributed by atoms with Crippen molar-refractivity contribution < 1.29 is 28.6 Å². The Morgan fingerprint density at radius 2 is 2.18 bits per heavy atom. The molecule has 0 saturated heterocycles. The van der Waals surface area contributed by atoms with Gasteiger partial charge in [-0.15, -0.1) is 0 Å². The molecule has 38 heavy (non-hydrogen) atoms. The minimum Gasteiger partial charge on any atom is -0.491 e. The third-order valence-corrected chi connectivity index (χ3v) is 7.21. The van der Waals surface area contributed by atoms with Crippen molar-refractivity contribution in [3.05, 3.63) is 41.1 Å². The number of alkyl halides is 1. The SMILES string of the molecule is CC(C)(O)[C@H](F)CN1Cc2cc(NC(=O)c3cnn4c3NCC=C4)c(OC[C@H]3CCCC(=O)C3)cc2C1=O. The van der Waals surface area contributed by atoms with Crippen LogP contribution < -0.4 is 15.4 Å². The van der Waals surface area contributed by atoms with E-state index in [4.69, 9.17) is 4.74 Å². The molecule has 0 radical (unpaired) electrons. The molecule has 2 atom stereocenters. The van der Waals surface area contributed by atoms with Crippen LogP contribution in [0.2, 0.25) is 0 Å². The van der Waals surface area contributed by atoms with E-state index in [0.29, 0.717) is 53.3 Å². The van der Waals surface area contributed by atoms with Crippen LogP contribution in [0, 0.1) is 5.92 Å². The van der Waals surface area contributed by atoms with Gasteiger partial charge in [0.1, 0.15) is 29.1 Å². The van der Waals surface area contributed by atoms with Crippen molar-refractivity contribution in [2.24, 2.45) is 5.92 Å². The van der Waals surface area contributed by atoms with Crippen molar-refractivity contribution in [2.45, 2.75) is 57.8 Å². The fourth-order valence-electron chi connectivity index (χ4n) is 4.96. The van der Waals surface area contributed by atoms with Crippen molar-refractivity contribution in [3.63, 3.8) is 0 Å². The third-order valence-electron chi connectivity index (χ3n) is 7.21. The average molecular weight is 526 g/mol. The Bertz CT molecular complexity index is 1300. The first-order chi connectivity index (χ1) is 18.1. The quantitative estimate of drug-likeness (QED) is 0.483. The van der Waals surface area contributed by atoms with Crippen molar-refractivity contribution in [3.8, 4) is 5.75 Å². The van der Waals surface area contributed by atoms with Gasteiger partial charge in [-0.1, -0.05) is 0 Å². The highest BCUT2D eigenvalue weighted by Crippen LogP contribution is 2.36. The Morgan fingerprint density at radius 1 is 1.37 bits per heavy atom. The number of nitrogens with one attached hydrogen (secondary N) is 2. The number of carbonyl (C=O) groups is 3. The molecule has 0 spiro atoms. The van der Waals surface area contributed by atoms with Gasteiger partial charge in [0, 0.05) is 37.7 Å². The van der Waals surface area contributed by atoms with Crippen LogP contribution in [-0.4, -0.2) is 68.9 Å². The summed E-state index contributed by atoms with van der Waals surface area (Å²) in [5, 5.41) is 20.2. The number of hydrogen-bond donors (Lipinski definition) is 3. The van der Waals surface area contributed by atoms with Gasteiger partial charge in [-0.25, -0.2) is 9.07 Å². The van der Waals surface area contributed by atoms with Gasteiger partial charge in [-0.05, 0) is 56.4 Å². The Kier molecular flexibility index (Phi) is 6.95. The molecule has 3 heterocycles. The molecular weight excluding hydrogens is 493 g/mol. The monoisotopic (exact) mass is 525 g/mol. The zero-order valence-electron chi connectivity index (χ0n) is 21.5. The zero-order chi connectivity index (χ0) is 27.0. The highest BCUT2D eigenvalue weighted by molar-refractivity contribution is 6.09. The number of fused-ring (bicyclic) bond motifs is 2. The number of halogens is 1. The summed E-state index contributed by atoms with van der Waals surface area (Å²) in [6.45, 7) is 3.44. The number of ether oxygens (including phenoxy) is 1. The predicted molar refractivity (Wildman–Crippen MR) is 139 cm³/mol. The molecule has 0 unspecified atom stereocenters. The maximum atomic E-state index is 14.6. The zero-order valence-corrected chi connectivity index (χ0v) is 21.5. The summed E-state index contributed by atoms with van der Waals surface area (Å²) in [5.74, 6) is 0.356. The van der Waals surface area contributed by atoms with Gasteiger partial charge >= 0.3 is 0 Å². The number of rotatable bonds is 8. The average Bonchev–Trinajstić information content (AvgIpc) is 3.43. The molecule has 1 aliphatic carbocycles. The maximum absolute atomic E-state index is 14.6. The van der Waals surface area contributed by atoms with Crippen molar-refractivity contribution in [1.29, 1.82) is 0 Å². The molecule has 2 amide bonds. The molecule has 1 aromatic heterocycles. The van der Waals surface area contributed by atoms with Gasteiger partial charge in [-0.2, -0.15) is 5.10 Å². The fourth-order valence-corrected chi connectivity index (χ4v) is 4.96. The minimum atomic E-state index is -1.63. The molecule has 3 aliphatic rings. The van der Waals surface area contributed by atoms with E-state index < -0.39 is 17.7 Å². The van der Waals surface area contributed by atoms with E-state index in [1.807, 2.05) is 6.08 Å². The minimum absolute atomic E-state index is 0.0537. The van der Waals surface area contributed by atoms with E-state index in [-0.39, 0.29) is 37.3 Å². The van der Waals surface area contributed by atoms with Crippen LogP contribution in [0.4, 0.5) is 15.9 Å². The molecule has 202 valence electrons. The lowest BCUT2D eigenvalue weighted by atomic mass is 9.89. The Hall–Kier alpha value is -3.73. The van der Waals surface area contributed by atoms with Crippen LogP contribution in [0.3, 0.4) is 0 Å². The number of hydrogen-bond acceptors (Lipinski definition) is 7. The normalized spacial score (nSPS) is 19.6. The lowest BCUT2D eigenvalue weighted by Crippen LogP contribution is -2.42. The second kappa shape index (κ2) is 10.2. The number of aliphatic hydroxyl groups is 1. The third kappa shape index (κ3) is 5.28. The Labute approximate surface area is 219 Å². The van der Waals surface area contributed by atoms with Crippen molar-refractivity contribution >= 4 is 35.3 Å². The van der Waals surface area contributed by atoms with Crippen LogP contribution >= 0.6 is 0 Å². The van der Waals surface area contributed by atoms with E-state index in [2.05, 4.69) is 15.7 Å². The van der Waals surface area contributed by atoms with Crippen molar-refractivity contribution in [2.75, 3.05) is 30.3 Å². The van der Waals surface area contributed by atoms with Gasteiger partial charge in [-0.3, -0.25) is 14.4 Å². The van der Waals surface area contributed by atoms with Crippen LogP contribution in [0.5, 0.6) is 5.75 Å². The highest BCUT2D eigenvalue weighted by atomic mass is 19.1. The maximum Gasteiger partial charge on any atom is 0.261 e. The van der Waals surface area contributed by atoms with Crippen LogP contribution in [0.15, 0.2) is 24.4 Å². The number of anilines is 2. The number of aromatic nitrogens is 2. The summed E-state index contributed by atoms with van der Waals surface area (Å²) >= 11 is 0. The van der Waals surface area contributed by atoms with E-state index in [0.717, 1.165) is 12.8 Å². The molecule has 3 N–H and O–H groups in total. The Balaban J connectivity index is 1.41. The standard InChI is InChI=1S/C27H32FN5O5/c1-27(2,37)23(28)14-32-13-17-10-21(31-25(35)20-12-30-33-8-4-7-29-24(20)33)22(11-19(17)26(32)36)38-15-16-5-3-6-18(34)9-16/h4,8,10-12,16,23,29,37H,3,5-7,9,13-15H2,1-2H3,(H,31,35)/t16-,23+/m0/s1. The summed E-state index contributed by atoms with van der Waals surface area (Å²) in [6, 6.07) is 3.25. The molecule has 0 bridgehead atoms. The number of ketones is 1. The fraction of sp³-hybridized carbons (Fsp3) is 0.481. The number of benzene rings is 1. The summed E-state index contributed by atoms with van der Waals surface area (Å²) in [5.41, 5.74) is 0.105. The van der Waals surface area contributed by atoms with E-state index in [1.165, 1.54) is 24.9 Å². The van der Waals surface area contributed by atoms with Crippen molar-refractivity contribution in [1.82, 2.24) is 14.7 Å². The highest BCUT2D eigenvalue weighted by Gasteiger charge is 2.35. The molecule has 5 rings (SSSR count). The molecule has 1 fully saturated rings. The summed E-state index contributed by atoms with van der Waals surface area (Å²) < 4.78 is 22.2. The second-order valence-corrected chi connectivity index (χ2v) is 10.7. The molecule has 10 nitrogen and oxygen atoms in total. The Morgan fingerprint density at radius 3 is 2.95 bits per heavy atom. The summed E-state index contributed by atoms with van der Waals surface area (Å²) in [4.78, 5) is 39.6. The topological polar surface area (TPSA) is 126 Å². The van der Waals surface area contributed by atoms with Gasteiger partial charge in [0.25, 0.3) is 11.8 Å². The first-order valence-corrected chi connectivity index (χ1v) is 12.9.